The van der Waals surface area contributed by atoms with E-state index in [0.29, 0.717) is 40.3 Å². The van der Waals surface area contributed by atoms with E-state index in [0.717, 1.165) is 0 Å². The second-order valence-electron chi connectivity index (χ2n) is 5.69. The molecule has 8 heteroatoms. The molecule has 2 aromatic rings. The molecule has 1 aliphatic rings. The van der Waals surface area contributed by atoms with Crippen LogP contribution in [0.3, 0.4) is 0 Å². The number of methoxy groups -OCH3 is 1. The number of hydrogen-bond donors (Lipinski definition) is 1. The first-order valence-corrected chi connectivity index (χ1v) is 8.69. The number of anilines is 2. The molecular formula is C18H17Cl2N3O3. The zero-order chi connectivity index (χ0) is 18.7. The minimum absolute atomic E-state index is 0.0417. The van der Waals surface area contributed by atoms with Gasteiger partial charge >= 0.3 is 6.03 Å². The minimum Gasteiger partial charge on any atom is -0.495 e. The molecule has 0 aliphatic carbocycles. The van der Waals surface area contributed by atoms with E-state index in [-0.39, 0.29) is 12.5 Å². The fraction of sp³-hybridized carbons (Fsp3) is 0.222. The van der Waals surface area contributed by atoms with Gasteiger partial charge in [-0.15, -0.1) is 0 Å². The lowest BCUT2D eigenvalue weighted by atomic mass is 10.2. The summed E-state index contributed by atoms with van der Waals surface area (Å²) in [7, 11) is 1.50. The molecule has 0 atom stereocenters. The molecule has 1 fully saturated rings. The van der Waals surface area contributed by atoms with Crippen LogP contribution in [-0.4, -0.2) is 43.6 Å². The molecule has 0 radical (unpaired) electrons. The second-order valence-corrected chi connectivity index (χ2v) is 6.54. The summed E-state index contributed by atoms with van der Waals surface area (Å²) in [6.07, 6.45) is 0. The van der Waals surface area contributed by atoms with Crippen LogP contribution in [0.5, 0.6) is 5.75 Å². The molecule has 6 nitrogen and oxygen atoms in total. The van der Waals surface area contributed by atoms with Gasteiger partial charge in [0.25, 0.3) is 0 Å². The first kappa shape index (κ1) is 18.4. The highest BCUT2D eigenvalue weighted by molar-refractivity contribution is 6.33. The van der Waals surface area contributed by atoms with E-state index in [9.17, 15) is 9.59 Å². The molecule has 1 N–H and O–H groups in total. The fourth-order valence-corrected chi connectivity index (χ4v) is 3.15. The molecule has 0 saturated carbocycles. The third-order valence-corrected chi connectivity index (χ3v) is 4.61. The summed E-state index contributed by atoms with van der Waals surface area (Å²) in [6.45, 7) is 0.703. The highest BCUT2D eigenvalue weighted by atomic mass is 35.5. The van der Waals surface area contributed by atoms with Crippen molar-refractivity contribution in [3.8, 4) is 5.75 Å². The number of carbonyl (C=O) groups is 2. The topological polar surface area (TPSA) is 61.9 Å². The monoisotopic (exact) mass is 393 g/mol. The SMILES string of the molecule is COc1ccc(Cl)cc1NC(=O)N1CCN(c2ccccc2Cl)C(=O)C1. The fourth-order valence-electron chi connectivity index (χ4n) is 2.74. The maximum absolute atomic E-state index is 12.5. The zero-order valence-corrected chi connectivity index (χ0v) is 15.5. The van der Waals surface area contributed by atoms with Gasteiger partial charge in [-0.1, -0.05) is 35.3 Å². The largest absolute Gasteiger partial charge is 0.495 e. The van der Waals surface area contributed by atoms with Crippen LogP contribution in [0.25, 0.3) is 0 Å². The van der Waals surface area contributed by atoms with E-state index in [4.69, 9.17) is 27.9 Å². The number of ether oxygens (including phenoxy) is 1. The van der Waals surface area contributed by atoms with Crippen molar-refractivity contribution in [1.29, 1.82) is 0 Å². The standard InChI is InChI=1S/C18H17Cl2N3O3/c1-26-16-7-6-12(19)10-14(16)21-18(25)22-8-9-23(17(24)11-22)15-5-3-2-4-13(15)20/h2-7,10H,8-9,11H2,1H3,(H,21,25). The van der Waals surface area contributed by atoms with Gasteiger partial charge in [0.05, 0.1) is 23.5 Å². The summed E-state index contributed by atoms with van der Waals surface area (Å²) >= 11 is 12.1. The Balaban J connectivity index is 1.69. The number of nitrogens with zero attached hydrogens (tertiary/aromatic N) is 2. The lowest BCUT2D eigenvalue weighted by Crippen LogP contribution is -2.53. The molecule has 0 spiro atoms. The molecule has 3 rings (SSSR count). The zero-order valence-electron chi connectivity index (χ0n) is 14.0. The number of amides is 3. The van der Waals surface area contributed by atoms with Crippen LogP contribution in [0.2, 0.25) is 10.0 Å². The van der Waals surface area contributed by atoms with E-state index < -0.39 is 6.03 Å². The summed E-state index contributed by atoms with van der Waals surface area (Å²) in [5, 5.41) is 3.71. The van der Waals surface area contributed by atoms with Gasteiger partial charge in [0.15, 0.2) is 0 Å². The average Bonchev–Trinajstić information content (AvgIpc) is 2.62. The predicted molar refractivity (Wildman–Crippen MR) is 102 cm³/mol. The van der Waals surface area contributed by atoms with Gasteiger partial charge in [0, 0.05) is 18.1 Å². The van der Waals surface area contributed by atoms with Crippen LogP contribution in [0, 0.1) is 0 Å². The second kappa shape index (κ2) is 7.85. The predicted octanol–water partition coefficient (Wildman–Crippen LogP) is 3.88. The lowest BCUT2D eigenvalue weighted by molar-refractivity contribution is -0.120. The third kappa shape index (κ3) is 3.86. The number of halogens is 2. The smallest absolute Gasteiger partial charge is 0.322 e. The van der Waals surface area contributed by atoms with E-state index in [1.54, 1.807) is 41.3 Å². The van der Waals surface area contributed by atoms with Crippen LogP contribution < -0.4 is 15.0 Å². The summed E-state index contributed by atoms with van der Waals surface area (Å²) in [5.74, 6) is 0.293. The Hall–Kier alpha value is -2.44. The number of rotatable bonds is 3. The molecule has 3 amide bonds. The highest BCUT2D eigenvalue weighted by Crippen LogP contribution is 2.29. The van der Waals surface area contributed by atoms with E-state index >= 15 is 0 Å². The number of benzene rings is 2. The molecule has 1 aliphatic heterocycles. The van der Waals surface area contributed by atoms with Crippen molar-refractivity contribution in [2.24, 2.45) is 0 Å². The van der Waals surface area contributed by atoms with E-state index in [1.165, 1.54) is 12.0 Å². The molecule has 0 aromatic heterocycles. The summed E-state index contributed by atoms with van der Waals surface area (Å²) in [6, 6.07) is 11.7. The average molecular weight is 394 g/mol. The summed E-state index contributed by atoms with van der Waals surface area (Å²) in [4.78, 5) is 28.0. The van der Waals surface area contributed by atoms with Gasteiger partial charge in [-0.25, -0.2) is 4.79 Å². The Morgan fingerprint density at radius 1 is 1.15 bits per heavy atom. The molecule has 26 heavy (non-hydrogen) atoms. The molecule has 0 unspecified atom stereocenters. The third-order valence-electron chi connectivity index (χ3n) is 4.05. The Morgan fingerprint density at radius 3 is 2.62 bits per heavy atom. The number of urea groups is 1. The maximum Gasteiger partial charge on any atom is 0.322 e. The number of para-hydroxylation sites is 1. The van der Waals surface area contributed by atoms with Crippen molar-refractivity contribution >= 4 is 46.5 Å². The number of piperazine rings is 1. The van der Waals surface area contributed by atoms with Crippen LogP contribution >= 0.6 is 23.2 Å². The van der Waals surface area contributed by atoms with Gasteiger partial charge in [0.2, 0.25) is 5.91 Å². The number of nitrogens with one attached hydrogen (secondary N) is 1. The molecule has 1 saturated heterocycles. The van der Waals surface area contributed by atoms with Gasteiger partial charge in [-0.05, 0) is 30.3 Å². The van der Waals surface area contributed by atoms with E-state index in [1.807, 2.05) is 6.07 Å². The van der Waals surface area contributed by atoms with Crippen molar-refractivity contribution < 1.29 is 14.3 Å². The van der Waals surface area contributed by atoms with E-state index in [2.05, 4.69) is 5.32 Å². The minimum atomic E-state index is -0.391. The maximum atomic E-state index is 12.5. The quantitative estimate of drug-likeness (QED) is 0.860. The highest BCUT2D eigenvalue weighted by Gasteiger charge is 2.29. The van der Waals surface area contributed by atoms with Gasteiger partial charge in [-0.2, -0.15) is 0 Å². The van der Waals surface area contributed by atoms with Gasteiger partial charge in [-0.3, -0.25) is 4.79 Å². The number of hydrogen-bond acceptors (Lipinski definition) is 3. The van der Waals surface area contributed by atoms with Crippen LogP contribution in [-0.2, 0) is 4.79 Å². The Bertz CT molecular complexity index is 844. The van der Waals surface area contributed by atoms with Crippen molar-refractivity contribution in [2.45, 2.75) is 0 Å². The van der Waals surface area contributed by atoms with Crippen LogP contribution in [0.4, 0.5) is 16.2 Å². The van der Waals surface area contributed by atoms with Crippen LogP contribution in [0.1, 0.15) is 0 Å². The molecule has 136 valence electrons. The van der Waals surface area contributed by atoms with Crippen LogP contribution in [0.15, 0.2) is 42.5 Å². The molecule has 2 aromatic carbocycles. The number of carbonyl (C=O) groups excluding carboxylic acids is 2. The first-order chi connectivity index (χ1) is 12.5. The van der Waals surface area contributed by atoms with Crippen molar-refractivity contribution in [2.75, 3.05) is 37.0 Å². The normalized spacial score (nSPS) is 14.3. The van der Waals surface area contributed by atoms with Crippen molar-refractivity contribution in [3.05, 3.63) is 52.5 Å². The molecular weight excluding hydrogens is 377 g/mol. The van der Waals surface area contributed by atoms with Gasteiger partial charge < -0.3 is 19.9 Å². The molecule has 0 bridgehead atoms. The van der Waals surface area contributed by atoms with Crippen molar-refractivity contribution in [1.82, 2.24) is 4.90 Å². The Labute approximate surface area is 161 Å². The lowest BCUT2D eigenvalue weighted by Gasteiger charge is -2.34. The Morgan fingerprint density at radius 2 is 1.92 bits per heavy atom. The molecule has 1 heterocycles. The summed E-state index contributed by atoms with van der Waals surface area (Å²) < 4.78 is 5.22. The summed E-state index contributed by atoms with van der Waals surface area (Å²) in [5.41, 5.74) is 1.10. The Kier molecular flexibility index (Phi) is 5.54. The first-order valence-electron chi connectivity index (χ1n) is 7.94. The van der Waals surface area contributed by atoms with Gasteiger partial charge in [0.1, 0.15) is 12.3 Å². The van der Waals surface area contributed by atoms with Crippen molar-refractivity contribution in [3.63, 3.8) is 0 Å².